The Hall–Kier alpha value is 0.387. The molecule has 1 heterocycles. The Morgan fingerprint density at radius 2 is 1.75 bits per heavy atom. The minimum absolute atomic E-state index is 0. The van der Waals surface area contributed by atoms with Gasteiger partial charge in [-0.15, -0.1) is 12.4 Å². The van der Waals surface area contributed by atoms with Crippen LogP contribution in [0.5, 0.6) is 0 Å². The lowest BCUT2D eigenvalue weighted by Crippen LogP contribution is -2.64. The van der Waals surface area contributed by atoms with Gasteiger partial charge in [-0.3, -0.25) is 0 Å². The molecule has 0 amide bonds. The van der Waals surface area contributed by atoms with Crippen LogP contribution in [0.3, 0.4) is 0 Å². The van der Waals surface area contributed by atoms with Crippen LogP contribution >= 0.6 is 12.4 Å². The first-order valence-corrected chi connectivity index (χ1v) is 7.88. The Bertz CT molecular complexity index is 196. The molecule has 0 aliphatic carbocycles. The van der Waals surface area contributed by atoms with E-state index in [4.69, 9.17) is 13.6 Å². The molecule has 1 saturated heterocycles. The first-order chi connectivity index (χ1) is 7.20. The van der Waals surface area contributed by atoms with E-state index in [1.54, 1.807) is 21.3 Å². The van der Waals surface area contributed by atoms with Crippen LogP contribution in [0.2, 0.25) is 6.04 Å². The van der Waals surface area contributed by atoms with E-state index >= 15 is 0 Å². The van der Waals surface area contributed by atoms with Crippen LogP contribution in [0.1, 0.15) is 39.0 Å². The Labute approximate surface area is 107 Å². The van der Waals surface area contributed by atoms with E-state index in [9.17, 15) is 0 Å². The van der Waals surface area contributed by atoms with Crippen LogP contribution < -0.4 is 0 Å². The molecule has 0 radical (unpaired) electrons. The van der Waals surface area contributed by atoms with Gasteiger partial charge in [0.1, 0.15) is 5.22 Å². The summed E-state index contributed by atoms with van der Waals surface area (Å²) in [6.07, 6.45) is 5.70. The number of halogens is 1. The molecule has 0 saturated carbocycles. The van der Waals surface area contributed by atoms with Crippen molar-refractivity contribution in [3.05, 3.63) is 0 Å². The SMILES string of the molecule is CCCC1(OC)CCCC[Si]1(OC)OC.Cl. The maximum Gasteiger partial charge on any atom is 0.370 e. The number of hydrogen-bond donors (Lipinski definition) is 0. The Morgan fingerprint density at radius 1 is 1.12 bits per heavy atom. The van der Waals surface area contributed by atoms with Gasteiger partial charge in [-0.25, -0.2) is 0 Å². The van der Waals surface area contributed by atoms with Gasteiger partial charge in [0.15, 0.2) is 0 Å². The van der Waals surface area contributed by atoms with Crippen LogP contribution in [0.25, 0.3) is 0 Å². The lowest BCUT2D eigenvalue weighted by Gasteiger charge is -2.47. The first-order valence-electron chi connectivity index (χ1n) is 5.85. The maximum absolute atomic E-state index is 5.83. The van der Waals surface area contributed by atoms with Gasteiger partial charge in [0.2, 0.25) is 0 Å². The lowest BCUT2D eigenvalue weighted by atomic mass is 10.1. The zero-order valence-corrected chi connectivity index (χ0v) is 12.7. The highest BCUT2D eigenvalue weighted by Gasteiger charge is 2.58. The molecule has 1 rings (SSSR count). The van der Waals surface area contributed by atoms with Crippen molar-refractivity contribution >= 4 is 21.0 Å². The number of rotatable bonds is 5. The third kappa shape index (κ3) is 2.62. The molecule has 1 aliphatic rings. The molecule has 16 heavy (non-hydrogen) atoms. The average Bonchev–Trinajstić information content (AvgIpc) is 2.30. The normalized spacial score (nSPS) is 28.5. The summed E-state index contributed by atoms with van der Waals surface area (Å²) in [5.74, 6) is 0. The van der Waals surface area contributed by atoms with Crippen molar-refractivity contribution in [3.8, 4) is 0 Å². The molecule has 0 N–H and O–H groups in total. The van der Waals surface area contributed by atoms with Crippen molar-refractivity contribution in [2.75, 3.05) is 21.3 Å². The second kappa shape index (κ2) is 6.96. The summed E-state index contributed by atoms with van der Waals surface area (Å²) in [5, 5.41) is -0.122. The van der Waals surface area contributed by atoms with E-state index in [2.05, 4.69) is 6.92 Å². The molecular formula is C11H25ClO3Si. The van der Waals surface area contributed by atoms with Crippen molar-refractivity contribution in [2.45, 2.75) is 50.3 Å². The fourth-order valence-corrected chi connectivity index (χ4v) is 6.91. The van der Waals surface area contributed by atoms with Gasteiger partial charge >= 0.3 is 8.56 Å². The van der Waals surface area contributed by atoms with Gasteiger partial charge in [0.05, 0.1) is 0 Å². The van der Waals surface area contributed by atoms with Crippen LogP contribution in [-0.2, 0) is 13.6 Å². The second-order valence-corrected chi connectivity index (χ2v) is 8.05. The minimum atomic E-state index is -2.15. The standard InChI is InChI=1S/C11H24O3Si.ClH/c1-5-8-11(12-2)9-6-7-10-15(11,13-3)14-4;/h5-10H2,1-4H3;1H. The molecule has 1 unspecified atom stereocenters. The first kappa shape index (κ1) is 16.4. The lowest BCUT2D eigenvalue weighted by molar-refractivity contribution is -0.0149. The third-order valence-corrected chi connectivity index (χ3v) is 8.16. The molecule has 1 aliphatic heterocycles. The summed E-state index contributed by atoms with van der Waals surface area (Å²) in [5.41, 5.74) is 0. The van der Waals surface area contributed by atoms with Crippen molar-refractivity contribution in [1.82, 2.24) is 0 Å². The van der Waals surface area contributed by atoms with Gasteiger partial charge < -0.3 is 13.6 Å². The molecule has 98 valence electrons. The fourth-order valence-electron chi connectivity index (χ4n) is 2.92. The largest absolute Gasteiger partial charge is 0.396 e. The highest BCUT2D eigenvalue weighted by molar-refractivity contribution is 6.70. The van der Waals surface area contributed by atoms with Crippen molar-refractivity contribution in [1.29, 1.82) is 0 Å². The Kier molecular flexibility index (Phi) is 7.13. The van der Waals surface area contributed by atoms with Gasteiger partial charge in [0, 0.05) is 21.3 Å². The van der Waals surface area contributed by atoms with E-state index in [-0.39, 0.29) is 17.6 Å². The van der Waals surface area contributed by atoms with Crippen LogP contribution in [0, 0.1) is 0 Å². The van der Waals surface area contributed by atoms with Gasteiger partial charge in [-0.1, -0.05) is 26.2 Å². The molecule has 0 aromatic heterocycles. The summed E-state index contributed by atoms with van der Waals surface area (Å²) in [6, 6.07) is 1.06. The number of hydrogen-bond acceptors (Lipinski definition) is 3. The summed E-state index contributed by atoms with van der Waals surface area (Å²) in [6.45, 7) is 2.19. The smallest absolute Gasteiger partial charge is 0.370 e. The van der Waals surface area contributed by atoms with E-state index < -0.39 is 8.56 Å². The molecule has 0 spiro atoms. The highest BCUT2D eigenvalue weighted by Crippen LogP contribution is 2.42. The van der Waals surface area contributed by atoms with Gasteiger partial charge in [-0.05, 0) is 18.9 Å². The molecule has 0 bridgehead atoms. The van der Waals surface area contributed by atoms with E-state index in [1.807, 2.05) is 0 Å². The van der Waals surface area contributed by atoms with Crippen molar-refractivity contribution in [2.24, 2.45) is 0 Å². The predicted octanol–water partition coefficient (Wildman–Crippen LogP) is 3.05. The van der Waals surface area contributed by atoms with Crippen molar-refractivity contribution < 1.29 is 13.6 Å². The van der Waals surface area contributed by atoms with Crippen molar-refractivity contribution in [3.63, 3.8) is 0 Å². The third-order valence-electron chi connectivity index (χ3n) is 3.73. The average molecular weight is 269 g/mol. The summed E-state index contributed by atoms with van der Waals surface area (Å²) >= 11 is 0. The molecule has 1 atom stereocenters. The summed E-state index contributed by atoms with van der Waals surface area (Å²) < 4.78 is 17.4. The van der Waals surface area contributed by atoms with E-state index in [0.29, 0.717) is 0 Å². The van der Waals surface area contributed by atoms with Crippen LogP contribution in [-0.4, -0.2) is 35.1 Å². The Balaban J connectivity index is 0.00000225. The molecule has 5 heteroatoms. The minimum Gasteiger partial charge on any atom is -0.396 e. The predicted molar refractivity (Wildman–Crippen MR) is 70.3 cm³/mol. The second-order valence-electron chi connectivity index (χ2n) is 4.32. The van der Waals surface area contributed by atoms with Crippen LogP contribution in [0.15, 0.2) is 0 Å². The highest BCUT2D eigenvalue weighted by atomic mass is 35.5. The zero-order chi connectivity index (χ0) is 11.4. The topological polar surface area (TPSA) is 27.7 Å². The zero-order valence-electron chi connectivity index (χ0n) is 10.9. The summed E-state index contributed by atoms with van der Waals surface area (Å²) in [4.78, 5) is 0. The molecule has 0 aromatic rings. The number of ether oxygens (including phenoxy) is 1. The molecular weight excluding hydrogens is 244 g/mol. The fraction of sp³-hybridized carbons (Fsp3) is 1.00. The quantitative estimate of drug-likeness (QED) is 0.718. The molecule has 0 aromatic carbocycles. The monoisotopic (exact) mass is 268 g/mol. The van der Waals surface area contributed by atoms with E-state index in [1.165, 1.54) is 12.8 Å². The molecule has 1 fully saturated rings. The van der Waals surface area contributed by atoms with Gasteiger partial charge in [0.25, 0.3) is 0 Å². The van der Waals surface area contributed by atoms with Gasteiger partial charge in [-0.2, -0.15) is 0 Å². The Morgan fingerprint density at radius 3 is 2.19 bits per heavy atom. The summed E-state index contributed by atoms with van der Waals surface area (Å²) in [7, 11) is 3.22. The van der Waals surface area contributed by atoms with Crippen LogP contribution in [0.4, 0.5) is 0 Å². The number of methoxy groups -OCH3 is 1. The van der Waals surface area contributed by atoms with E-state index in [0.717, 1.165) is 25.3 Å². The molecule has 3 nitrogen and oxygen atoms in total. The maximum atomic E-state index is 5.83.